The Morgan fingerprint density at radius 2 is 1.78 bits per heavy atom. The highest BCUT2D eigenvalue weighted by atomic mass is 14.7. The van der Waals surface area contributed by atoms with Gasteiger partial charge in [0.25, 0.3) is 0 Å². The highest BCUT2D eigenvalue weighted by molar-refractivity contribution is 5.26. The molecule has 1 saturated carbocycles. The summed E-state index contributed by atoms with van der Waals surface area (Å²) in [4.78, 5) is 0. The van der Waals surface area contributed by atoms with Crippen LogP contribution < -0.4 is 5.73 Å². The Morgan fingerprint density at radius 1 is 1.17 bits per heavy atom. The van der Waals surface area contributed by atoms with Crippen LogP contribution in [0, 0.1) is 5.41 Å². The van der Waals surface area contributed by atoms with Crippen LogP contribution in [0.5, 0.6) is 0 Å². The van der Waals surface area contributed by atoms with Crippen LogP contribution in [0.25, 0.3) is 0 Å². The van der Waals surface area contributed by atoms with Gasteiger partial charge in [-0.3, -0.25) is 0 Å². The molecule has 1 aliphatic rings. The second kappa shape index (κ2) is 5.44. The Balaban J connectivity index is 1.86. The van der Waals surface area contributed by atoms with Crippen LogP contribution in [-0.4, -0.2) is 6.04 Å². The van der Waals surface area contributed by atoms with Crippen LogP contribution in [0.3, 0.4) is 0 Å². The molecule has 1 aromatic carbocycles. The summed E-state index contributed by atoms with van der Waals surface area (Å²) in [6.45, 7) is 6.66. The fourth-order valence-electron chi connectivity index (χ4n) is 2.45. The van der Waals surface area contributed by atoms with Crippen LogP contribution in [0.2, 0.25) is 0 Å². The van der Waals surface area contributed by atoms with E-state index in [2.05, 4.69) is 45.0 Å². The first kappa shape index (κ1) is 13.6. The van der Waals surface area contributed by atoms with Gasteiger partial charge in [-0.25, -0.2) is 0 Å². The number of aryl methyl sites for hydroxylation is 1. The number of rotatable bonds is 4. The zero-order chi connectivity index (χ0) is 13.2. The van der Waals surface area contributed by atoms with Crippen molar-refractivity contribution in [3.63, 3.8) is 0 Å². The third-order valence-electron chi connectivity index (χ3n) is 4.41. The Labute approximate surface area is 112 Å². The summed E-state index contributed by atoms with van der Waals surface area (Å²) in [6, 6.07) is 9.51. The van der Waals surface area contributed by atoms with E-state index >= 15 is 0 Å². The summed E-state index contributed by atoms with van der Waals surface area (Å²) >= 11 is 0. The van der Waals surface area contributed by atoms with Crippen LogP contribution >= 0.6 is 0 Å². The summed E-state index contributed by atoms with van der Waals surface area (Å²) < 4.78 is 0. The van der Waals surface area contributed by atoms with Gasteiger partial charge in [-0.2, -0.15) is 0 Å². The van der Waals surface area contributed by atoms with E-state index in [1.807, 2.05) is 0 Å². The summed E-state index contributed by atoms with van der Waals surface area (Å²) in [5.41, 5.74) is 9.38. The highest BCUT2D eigenvalue weighted by Crippen LogP contribution is 2.36. The Kier molecular flexibility index (Phi) is 4.11. The average molecular weight is 245 g/mol. The first-order valence-corrected chi connectivity index (χ1v) is 7.31. The molecule has 0 radical (unpaired) electrons. The van der Waals surface area contributed by atoms with Gasteiger partial charge >= 0.3 is 0 Å². The predicted octanol–water partition coefficient (Wildman–Crippen LogP) is 4.26. The molecule has 0 spiro atoms. The van der Waals surface area contributed by atoms with Crippen LogP contribution in [0.15, 0.2) is 24.3 Å². The van der Waals surface area contributed by atoms with Crippen molar-refractivity contribution in [1.82, 2.24) is 0 Å². The summed E-state index contributed by atoms with van der Waals surface area (Å²) in [5, 5.41) is 0. The minimum Gasteiger partial charge on any atom is -0.327 e. The predicted molar refractivity (Wildman–Crippen MR) is 78.8 cm³/mol. The quantitative estimate of drug-likeness (QED) is 0.842. The van der Waals surface area contributed by atoms with Crippen molar-refractivity contribution >= 4 is 0 Å². The van der Waals surface area contributed by atoms with E-state index < -0.39 is 0 Å². The van der Waals surface area contributed by atoms with E-state index in [4.69, 9.17) is 5.73 Å². The molecule has 1 fully saturated rings. The highest BCUT2D eigenvalue weighted by Gasteiger charge is 2.21. The van der Waals surface area contributed by atoms with Crippen molar-refractivity contribution in [2.45, 2.75) is 64.8 Å². The van der Waals surface area contributed by atoms with Crippen LogP contribution in [0.1, 0.15) is 63.5 Å². The smallest absolute Gasteiger partial charge is 0.00908 e. The van der Waals surface area contributed by atoms with Gasteiger partial charge in [-0.15, -0.1) is 0 Å². The van der Waals surface area contributed by atoms with Gasteiger partial charge in [-0.05, 0) is 48.1 Å². The van der Waals surface area contributed by atoms with Crippen molar-refractivity contribution in [2.75, 3.05) is 0 Å². The number of hydrogen-bond acceptors (Lipinski definition) is 1. The van der Waals surface area contributed by atoms with Crippen LogP contribution in [0.4, 0.5) is 0 Å². The molecule has 0 bridgehead atoms. The lowest BCUT2D eigenvalue weighted by atomic mass is 9.79. The molecular formula is C17H27N. The Bertz CT molecular complexity index is 368. The molecule has 0 aliphatic heterocycles. The summed E-state index contributed by atoms with van der Waals surface area (Å²) in [7, 11) is 0. The van der Waals surface area contributed by atoms with Crippen molar-refractivity contribution in [1.29, 1.82) is 0 Å². The second-order valence-electron chi connectivity index (χ2n) is 6.88. The van der Waals surface area contributed by atoms with Crippen LogP contribution in [-0.2, 0) is 6.42 Å². The van der Waals surface area contributed by atoms with E-state index in [0.29, 0.717) is 0 Å². The van der Waals surface area contributed by atoms with Crippen molar-refractivity contribution in [3.05, 3.63) is 35.4 Å². The van der Waals surface area contributed by atoms with Gasteiger partial charge < -0.3 is 5.73 Å². The van der Waals surface area contributed by atoms with E-state index in [1.165, 1.54) is 30.4 Å². The second-order valence-corrected chi connectivity index (χ2v) is 6.88. The number of nitrogens with two attached hydrogens (primary N) is 1. The molecular weight excluding hydrogens is 218 g/mol. The van der Waals surface area contributed by atoms with Gasteiger partial charge in [-0.1, -0.05) is 51.5 Å². The first-order chi connectivity index (χ1) is 8.47. The lowest BCUT2D eigenvalue weighted by Crippen LogP contribution is -2.35. The van der Waals surface area contributed by atoms with E-state index in [0.717, 1.165) is 18.8 Å². The van der Waals surface area contributed by atoms with Crippen molar-refractivity contribution in [2.24, 2.45) is 11.1 Å². The Morgan fingerprint density at radius 3 is 2.22 bits per heavy atom. The largest absolute Gasteiger partial charge is 0.327 e. The maximum Gasteiger partial charge on any atom is 0.00908 e. The number of benzene rings is 1. The standard InChI is InChI=1S/C17H27N/c1-17(2,3)16(18)12-9-13-7-10-15(11-8-13)14-5-4-6-14/h7-8,10-11,14,16H,4-6,9,12,18H2,1-3H3. The lowest BCUT2D eigenvalue weighted by Gasteiger charge is -2.27. The molecule has 0 amide bonds. The third-order valence-corrected chi connectivity index (χ3v) is 4.41. The van der Waals surface area contributed by atoms with Gasteiger partial charge in [0, 0.05) is 6.04 Å². The number of hydrogen-bond donors (Lipinski definition) is 1. The zero-order valence-electron chi connectivity index (χ0n) is 12.1. The van der Waals surface area contributed by atoms with E-state index in [9.17, 15) is 0 Å². The van der Waals surface area contributed by atoms with E-state index in [1.54, 1.807) is 0 Å². The van der Waals surface area contributed by atoms with Gasteiger partial charge in [0.15, 0.2) is 0 Å². The molecule has 1 unspecified atom stereocenters. The molecule has 1 aliphatic carbocycles. The molecule has 2 rings (SSSR count). The maximum absolute atomic E-state index is 6.21. The third kappa shape index (κ3) is 3.35. The van der Waals surface area contributed by atoms with Crippen molar-refractivity contribution < 1.29 is 0 Å². The first-order valence-electron chi connectivity index (χ1n) is 7.31. The summed E-state index contributed by atoms with van der Waals surface area (Å²) in [6.07, 6.45) is 6.35. The summed E-state index contributed by atoms with van der Waals surface area (Å²) in [5.74, 6) is 0.843. The van der Waals surface area contributed by atoms with Gasteiger partial charge in [0.1, 0.15) is 0 Å². The lowest BCUT2D eigenvalue weighted by molar-refractivity contribution is 0.306. The van der Waals surface area contributed by atoms with E-state index in [-0.39, 0.29) is 11.5 Å². The molecule has 0 heterocycles. The molecule has 0 aromatic heterocycles. The molecule has 100 valence electrons. The average Bonchev–Trinajstić information content (AvgIpc) is 2.24. The SMILES string of the molecule is CC(C)(C)C(N)CCc1ccc(C2CCC2)cc1. The normalized spacial score (nSPS) is 18.4. The molecule has 0 saturated heterocycles. The molecule has 2 N–H and O–H groups in total. The fourth-order valence-corrected chi connectivity index (χ4v) is 2.45. The minimum atomic E-state index is 0.214. The fraction of sp³-hybridized carbons (Fsp3) is 0.647. The molecule has 1 heteroatoms. The molecule has 18 heavy (non-hydrogen) atoms. The zero-order valence-corrected chi connectivity index (χ0v) is 12.1. The van der Waals surface area contributed by atoms with Gasteiger partial charge in [0.2, 0.25) is 0 Å². The molecule has 1 nitrogen and oxygen atoms in total. The topological polar surface area (TPSA) is 26.0 Å². The molecule has 1 aromatic rings. The monoisotopic (exact) mass is 245 g/mol. The molecule has 1 atom stereocenters. The van der Waals surface area contributed by atoms with Gasteiger partial charge in [0.05, 0.1) is 0 Å². The Hall–Kier alpha value is -0.820. The maximum atomic E-state index is 6.21. The van der Waals surface area contributed by atoms with Crippen molar-refractivity contribution in [3.8, 4) is 0 Å². The minimum absolute atomic E-state index is 0.214.